The third-order valence-corrected chi connectivity index (χ3v) is 2.16. The topological polar surface area (TPSA) is 57.5 Å². The third kappa shape index (κ3) is 14.7. The van der Waals surface area contributed by atoms with E-state index in [9.17, 15) is 4.79 Å². The molecule has 0 rings (SSSR count). The van der Waals surface area contributed by atoms with Gasteiger partial charge in [0.05, 0.1) is 6.61 Å². The fraction of sp³-hybridized carbons (Fsp3) is 0.500. The highest BCUT2D eigenvalue weighted by Crippen LogP contribution is 2.01. The molecule has 0 bridgehead atoms. The summed E-state index contributed by atoms with van der Waals surface area (Å²) in [5.74, 6) is -0.715. The average molecular weight is 238 g/mol. The lowest BCUT2D eigenvalue weighted by molar-refractivity contribution is -0.137. The second-order valence-corrected chi connectivity index (χ2v) is 3.71. The van der Waals surface area contributed by atoms with Crippen molar-refractivity contribution in [1.82, 2.24) is 0 Å². The smallest absolute Gasteiger partial charge is 0.303 e. The molecule has 0 unspecified atom stereocenters. The number of unbranched alkanes of at least 4 members (excludes halogenated alkanes) is 2. The summed E-state index contributed by atoms with van der Waals surface area (Å²) in [6, 6.07) is 0. The summed E-state index contributed by atoms with van der Waals surface area (Å²) in [5.41, 5.74) is 0. The molecule has 0 spiro atoms. The Hall–Kier alpha value is -1.35. The molecule has 17 heavy (non-hydrogen) atoms. The van der Waals surface area contributed by atoms with Crippen LogP contribution in [0.15, 0.2) is 36.5 Å². The number of aliphatic hydroxyl groups is 1. The molecule has 0 saturated carbocycles. The summed E-state index contributed by atoms with van der Waals surface area (Å²) in [6.45, 7) is 0.101. The van der Waals surface area contributed by atoms with E-state index in [2.05, 4.69) is 24.3 Å². The van der Waals surface area contributed by atoms with Crippen molar-refractivity contribution < 1.29 is 15.0 Å². The fourth-order valence-electron chi connectivity index (χ4n) is 1.27. The zero-order valence-electron chi connectivity index (χ0n) is 10.2. The van der Waals surface area contributed by atoms with Crippen molar-refractivity contribution in [2.24, 2.45) is 0 Å². The number of rotatable bonds is 10. The highest BCUT2D eigenvalue weighted by molar-refractivity contribution is 5.66. The quantitative estimate of drug-likeness (QED) is 0.454. The fourth-order valence-corrected chi connectivity index (χ4v) is 1.27. The highest BCUT2D eigenvalue weighted by atomic mass is 16.4. The third-order valence-electron chi connectivity index (χ3n) is 2.16. The Labute approximate surface area is 103 Å². The van der Waals surface area contributed by atoms with Crippen LogP contribution < -0.4 is 0 Å². The number of aliphatic hydroxyl groups excluding tert-OH is 1. The Balaban J connectivity index is 3.30. The Kier molecular flexibility index (Phi) is 11.7. The van der Waals surface area contributed by atoms with Crippen molar-refractivity contribution in [2.75, 3.05) is 6.61 Å². The van der Waals surface area contributed by atoms with Gasteiger partial charge in [-0.25, -0.2) is 0 Å². The van der Waals surface area contributed by atoms with Crippen molar-refractivity contribution in [3.63, 3.8) is 0 Å². The number of carboxylic acid groups (broad SMARTS) is 1. The van der Waals surface area contributed by atoms with Crippen molar-refractivity contribution in [3.05, 3.63) is 36.5 Å². The van der Waals surface area contributed by atoms with Crippen molar-refractivity contribution in [3.8, 4) is 0 Å². The van der Waals surface area contributed by atoms with E-state index in [1.165, 1.54) is 0 Å². The number of allylic oxidation sites excluding steroid dienone is 5. The predicted octanol–water partition coefficient (Wildman–Crippen LogP) is 3.07. The summed E-state index contributed by atoms with van der Waals surface area (Å²) in [4.78, 5) is 10.2. The van der Waals surface area contributed by atoms with Gasteiger partial charge in [0, 0.05) is 6.42 Å². The minimum absolute atomic E-state index is 0.101. The Morgan fingerprint density at radius 2 is 1.47 bits per heavy atom. The average Bonchev–Trinajstić information content (AvgIpc) is 2.30. The molecule has 0 radical (unpaired) electrons. The first-order chi connectivity index (χ1) is 8.27. The van der Waals surface area contributed by atoms with Crippen molar-refractivity contribution >= 4 is 5.97 Å². The molecular formula is C14H22O3. The first kappa shape index (κ1) is 15.7. The molecule has 0 atom stereocenters. The van der Waals surface area contributed by atoms with E-state index < -0.39 is 5.97 Å². The monoisotopic (exact) mass is 238 g/mol. The Morgan fingerprint density at radius 1 is 0.882 bits per heavy atom. The highest BCUT2D eigenvalue weighted by Gasteiger charge is 1.93. The van der Waals surface area contributed by atoms with E-state index in [4.69, 9.17) is 10.2 Å². The van der Waals surface area contributed by atoms with Crippen LogP contribution in [0.25, 0.3) is 0 Å². The van der Waals surface area contributed by atoms with Crippen LogP contribution >= 0.6 is 0 Å². The molecule has 0 aliphatic carbocycles. The van der Waals surface area contributed by atoms with E-state index >= 15 is 0 Å². The number of hydrogen-bond donors (Lipinski definition) is 2. The van der Waals surface area contributed by atoms with Gasteiger partial charge in [-0.1, -0.05) is 36.5 Å². The normalized spacial score (nSPS) is 12.1. The van der Waals surface area contributed by atoms with E-state index in [-0.39, 0.29) is 13.0 Å². The van der Waals surface area contributed by atoms with E-state index in [1.807, 2.05) is 6.08 Å². The lowest BCUT2D eigenvalue weighted by Gasteiger charge is -1.92. The van der Waals surface area contributed by atoms with Crippen LogP contribution in [0.1, 0.15) is 38.5 Å². The van der Waals surface area contributed by atoms with Crippen LogP contribution in [0.2, 0.25) is 0 Å². The van der Waals surface area contributed by atoms with E-state index in [0.717, 1.165) is 32.1 Å². The van der Waals surface area contributed by atoms with Crippen molar-refractivity contribution in [2.45, 2.75) is 38.5 Å². The lowest BCUT2D eigenvalue weighted by Crippen LogP contribution is -1.92. The van der Waals surface area contributed by atoms with Gasteiger partial charge in [0.25, 0.3) is 0 Å². The second-order valence-electron chi connectivity index (χ2n) is 3.71. The molecule has 0 aromatic carbocycles. The van der Waals surface area contributed by atoms with Crippen LogP contribution in [0.4, 0.5) is 0 Å². The summed E-state index contributed by atoms with van der Waals surface area (Å²) in [5, 5.41) is 16.9. The van der Waals surface area contributed by atoms with Crippen molar-refractivity contribution in [1.29, 1.82) is 0 Å². The van der Waals surface area contributed by atoms with E-state index in [1.54, 1.807) is 6.08 Å². The zero-order valence-corrected chi connectivity index (χ0v) is 10.2. The zero-order chi connectivity index (χ0) is 12.8. The van der Waals surface area contributed by atoms with Crippen LogP contribution in [0.3, 0.4) is 0 Å². The molecule has 0 heterocycles. The lowest BCUT2D eigenvalue weighted by atomic mass is 10.2. The molecule has 0 aliphatic rings. The van der Waals surface area contributed by atoms with Gasteiger partial charge in [-0.3, -0.25) is 4.79 Å². The van der Waals surface area contributed by atoms with Gasteiger partial charge >= 0.3 is 5.97 Å². The number of carboxylic acids is 1. The first-order valence-electron chi connectivity index (χ1n) is 6.05. The van der Waals surface area contributed by atoms with Gasteiger partial charge in [0.2, 0.25) is 0 Å². The molecule has 0 aromatic rings. The standard InChI is InChI=1S/C14H22O3/c15-13-11-9-7-5-3-1-2-4-6-8-10-12-14(16)17/h2-5,9,11,15H,1,6-8,10,12-13H2,(H,16,17). The molecule has 0 aromatic heterocycles. The summed E-state index contributed by atoms with van der Waals surface area (Å²) < 4.78 is 0. The van der Waals surface area contributed by atoms with E-state index in [0.29, 0.717) is 0 Å². The molecule has 2 N–H and O–H groups in total. The number of carbonyl (C=O) groups is 1. The van der Waals surface area contributed by atoms with Gasteiger partial charge in [0.15, 0.2) is 0 Å². The van der Waals surface area contributed by atoms with Gasteiger partial charge in [0.1, 0.15) is 0 Å². The summed E-state index contributed by atoms with van der Waals surface area (Å²) in [6.07, 6.45) is 16.6. The Bertz CT molecular complexity index is 265. The molecule has 3 nitrogen and oxygen atoms in total. The Morgan fingerprint density at radius 3 is 2.06 bits per heavy atom. The van der Waals surface area contributed by atoms with Gasteiger partial charge in [-0.15, -0.1) is 0 Å². The molecule has 0 amide bonds. The number of aliphatic carboxylic acids is 1. The van der Waals surface area contributed by atoms with Crippen LogP contribution in [0, 0.1) is 0 Å². The van der Waals surface area contributed by atoms with Crippen LogP contribution in [-0.4, -0.2) is 22.8 Å². The maximum absolute atomic E-state index is 10.2. The minimum Gasteiger partial charge on any atom is -0.481 e. The summed E-state index contributed by atoms with van der Waals surface area (Å²) in [7, 11) is 0. The first-order valence-corrected chi connectivity index (χ1v) is 6.05. The maximum atomic E-state index is 10.2. The number of hydrogen-bond acceptors (Lipinski definition) is 2. The SMILES string of the molecule is O=C(O)CCCCC=CCC=CCC=CCO. The molecule has 0 aliphatic heterocycles. The minimum atomic E-state index is -0.715. The van der Waals surface area contributed by atoms with Gasteiger partial charge in [-0.2, -0.15) is 0 Å². The molecule has 0 saturated heterocycles. The largest absolute Gasteiger partial charge is 0.481 e. The molecular weight excluding hydrogens is 216 g/mol. The summed E-state index contributed by atoms with van der Waals surface area (Å²) >= 11 is 0. The molecule has 3 heteroatoms. The van der Waals surface area contributed by atoms with Gasteiger partial charge in [-0.05, 0) is 32.1 Å². The van der Waals surface area contributed by atoms with Crippen LogP contribution in [0.5, 0.6) is 0 Å². The van der Waals surface area contributed by atoms with Crippen LogP contribution in [-0.2, 0) is 4.79 Å². The second kappa shape index (κ2) is 12.7. The predicted molar refractivity (Wildman–Crippen MR) is 69.8 cm³/mol. The molecule has 96 valence electrons. The van der Waals surface area contributed by atoms with Gasteiger partial charge < -0.3 is 10.2 Å². The maximum Gasteiger partial charge on any atom is 0.303 e. The molecule has 0 fully saturated rings.